The van der Waals surface area contributed by atoms with Gasteiger partial charge >= 0.3 is 7.48 Å². The van der Waals surface area contributed by atoms with Crippen LogP contribution in [0.3, 0.4) is 0 Å². The Morgan fingerprint density at radius 3 is 1.30 bits per heavy atom. The van der Waals surface area contributed by atoms with Gasteiger partial charge in [-0.3, -0.25) is 0 Å². The normalized spacial score (nSPS) is 11.9. The third-order valence-corrected chi connectivity index (χ3v) is 11.4. The first kappa shape index (κ1) is 33.9. The Morgan fingerprint density at radius 2 is 0.796 bits per heavy atom. The van der Waals surface area contributed by atoms with E-state index in [0.29, 0.717) is 5.92 Å². The average molecular weight is 694 g/mol. The Morgan fingerprint density at radius 1 is 0.389 bits per heavy atom. The summed E-state index contributed by atoms with van der Waals surface area (Å²) in [4.78, 5) is 0. The van der Waals surface area contributed by atoms with Crippen molar-refractivity contribution in [1.82, 2.24) is 0 Å². The molecule has 0 saturated carbocycles. The molecule has 1 radical (unpaired) electrons. The van der Waals surface area contributed by atoms with Crippen LogP contribution in [0.2, 0.25) is 0 Å². The lowest BCUT2D eigenvalue weighted by Gasteiger charge is -2.30. The molecule has 0 fully saturated rings. The zero-order valence-electron chi connectivity index (χ0n) is 31.3. The molecule has 9 aromatic rings. The zero-order valence-corrected chi connectivity index (χ0v) is 31.3. The Kier molecular flexibility index (Phi) is 8.65. The standard InChI is InChI=1S/C52H42BO/c1-34(2)52(3,4)54-53-45-29-30-48-49(33-45)51(40-25-19-38(20-26-40)44-28-22-36-12-6-8-14-42(36)32-44)47-16-10-9-15-46(47)50(48)39-23-17-37(18-24-39)43-27-21-35-11-5-7-13-41(35)31-43/h5-34H,1-4H3. The van der Waals surface area contributed by atoms with Crippen molar-refractivity contribution >= 4 is 56.0 Å². The van der Waals surface area contributed by atoms with Crippen molar-refractivity contribution in [3.8, 4) is 44.5 Å². The summed E-state index contributed by atoms with van der Waals surface area (Å²) in [5, 5.41) is 9.93. The van der Waals surface area contributed by atoms with Crippen LogP contribution in [0.15, 0.2) is 176 Å². The highest BCUT2D eigenvalue weighted by molar-refractivity contribution is 6.48. The molecule has 0 N–H and O–H groups in total. The van der Waals surface area contributed by atoms with Crippen molar-refractivity contribution in [2.75, 3.05) is 0 Å². The zero-order chi connectivity index (χ0) is 36.8. The van der Waals surface area contributed by atoms with E-state index < -0.39 is 0 Å². The molecule has 0 atom stereocenters. The molecule has 0 amide bonds. The van der Waals surface area contributed by atoms with Crippen LogP contribution in [-0.4, -0.2) is 13.1 Å². The second-order valence-electron chi connectivity index (χ2n) is 15.4. The molecule has 0 aliphatic rings. The van der Waals surface area contributed by atoms with Crippen molar-refractivity contribution in [1.29, 1.82) is 0 Å². The molecule has 0 aliphatic heterocycles. The molecule has 0 aromatic heterocycles. The molecule has 1 nitrogen and oxygen atoms in total. The van der Waals surface area contributed by atoms with Crippen LogP contribution in [0.4, 0.5) is 0 Å². The van der Waals surface area contributed by atoms with E-state index in [0.717, 1.165) is 5.46 Å². The van der Waals surface area contributed by atoms with Crippen molar-refractivity contribution < 1.29 is 4.65 Å². The topological polar surface area (TPSA) is 9.23 Å². The lowest BCUT2D eigenvalue weighted by Crippen LogP contribution is -2.36. The van der Waals surface area contributed by atoms with Crippen molar-refractivity contribution in [2.45, 2.75) is 33.3 Å². The van der Waals surface area contributed by atoms with Gasteiger partial charge in [-0.25, -0.2) is 0 Å². The molecule has 0 saturated heterocycles. The van der Waals surface area contributed by atoms with E-state index in [-0.39, 0.29) is 5.60 Å². The summed E-state index contributed by atoms with van der Waals surface area (Å²) >= 11 is 0. The fourth-order valence-corrected chi connectivity index (χ4v) is 7.64. The smallest absolute Gasteiger partial charge is 0.330 e. The van der Waals surface area contributed by atoms with Gasteiger partial charge in [-0.2, -0.15) is 0 Å². The molecule has 54 heavy (non-hydrogen) atoms. The van der Waals surface area contributed by atoms with Crippen LogP contribution >= 0.6 is 0 Å². The second-order valence-corrected chi connectivity index (χ2v) is 15.4. The predicted octanol–water partition coefficient (Wildman–Crippen LogP) is 13.7. The molecule has 0 spiro atoms. The van der Waals surface area contributed by atoms with Gasteiger partial charge in [0, 0.05) is 5.60 Å². The maximum absolute atomic E-state index is 6.43. The number of hydrogen-bond donors (Lipinski definition) is 0. The average Bonchev–Trinajstić information content (AvgIpc) is 3.21. The van der Waals surface area contributed by atoms with E-state index in [2.05, 4.69) is 204 Å². The van der Waals surface area contributed by atoms with Gasteiger partial charge in [0.1, 0.15) is 0 Å². The summed E-state index contributed by atoms with van der Waals surface area (Å²) in [5.74, 6) is 0.374. The molecule has 0 unspecified atom stereocenters. The molecule has 9 rings (SSSR count). The molecule has 9 aromatic carbocycles. The quantitative estimate of drug-likeness (QED) is 0.114. The summed E-state index contributed by atoms with van der Waals surface area (Å²) < 4.78 is 6.43. The highest BCUT2D eigenvalue weighted by Crippen LogP contribution is 2.44. The van der Waals surface area contributed by atoms with Gasteiger partial charge in [0.15, 0.2) is 0 Å². The predicted molar refractivity (Wildman–Crippen MR) is 234 cm³/mol. The molecule has 259 valence electrons. The lowest BCUT2D eigenvalue weighted by atomic mass is 9.80. The molecule has 2 heteroatoms. The summed E-state index contributed by atoms with van der Waals surface area (Å²) in [6.07, 6.45) is 0. The lowest BCUT2D eigenvalue weighted by molar-refractivity contribution is 0.0668. The fraction of sp³-hybridized carbons (Fsp3) is 0.115. The van der Waals surface area contributed by atoms with Crippen molar-refractivity contribution in [2.24, 2.45) is 5.92 Å². The first-order valence-electron chi connectivity index (χ1n) is 19.0. The minimum absolute atomic E-state index is 0.280. The SMILES string of the molecule is CC(C)C(C)(C)O[B]c1ccc2c(-c3ccc(-c4ccc5ccccc5c4)cc3)c3ccccc3c(-c3ccc(-c4ccc5ccccc5c4)cc3)c2c1. The second kappa shape index (κ2) is 13.8. The van der Waals surface area contributed by atoms with E-state index in [9.17, 15) is 0 Å². The van der Waals surface area contributed by atoms with Crippen molar-refractivity contribution in [3.05, 3.63) is 176 Å². The number of hydrogen-bond acceptors (Lipinski definition) is 1. The highest BCUT2D eigenvalue weighted by Gasteiger charge is 2.24. The fourth-order valence-electron chi connectivity index (χ4n) is 7.64. The largest absolute Gasteiger partial charge is 0.429 e. The Bertz CT molecular complexity index is 2810. The van der Waals surface area contributed by atoms with Crippen molar-refractivity contribution in [3.63, 3.8) is 0 Å². The van der Waals surface area contributed by atoms with Gasteiger partial charge in [0.05, 0.1) is 0 Å². The third kappa shape index (κ3) is 6.27. The van der Waals surface area contributed by atoms with Crippen LogP contribution in [0.1, 0.15) is 27.7 Å². The van der Waals surface area contributed by atoms with Gasteiger partial charge < -0.3 is 4.65 Å². The Hall–Kier alpha value is -5.96. The number of fused-ring (bicyclic) bond motifs is 4. The van der Waals surface area contributed by atoms with Gasteiger partial charge in [0.2, 0.25) is 0 Å². The van der Waals surface area contributed by atoms with Gasteiger partial charge in [0.25, 0.3) is 0 Å². The van der Waals surface area contributed by atoms with E-state index in [1.165, 1.54) is 87.6 Å². The maximum atomic E-state index is 6.43. The summed E-state index contributed by atoms with van der Waals surface area (Å²) in [6.45, 7) is 8.73. The minimum Gasteiger partial charge on any atom is -0.429 e. The van der Waals surface area contributed by atoms with E-state index in [4.69, 9.17) is 4.65 Å². The highest BCUT2D eigenvalue weighted by atomic mass is 16.5. The molecular weight excluding hydrogens is 651 g/mol. The van der Waals surface area contributed by atoms with E-state index in [1.54, 1.807) is 0 Å². The van der Waals surface area contributed by atoms with Gasteiger partial charge in [-0.1, -0.05) is 183 Å². The Labute approximate surface area is 319 Å². The monoisotopic (exact) mass is 693 g/mol. The molecular formula is C52H42BO. The molecule has 0 bridgehead atoms. The van der Waals surface area contributed by atoms with Crippen LogP contribution in [0, 0.1) is 5.92 Å². The first-order chi connectivity index (χ1) is 26.3. The summed E-state index contributed by atoms with van der Waals surface area (Å²) in [7, 11) is 1.94. The van der Waals surface area contributed by atoms with Crippen LogP contribution in [0.25, 0.3) is 87.6 Å². The van der Waals surface area contributed by atoms with Crippen LogP contribution in [0.5, 0.6) is 0 Å². The van der Waals surface area contributed by atoms with E-state index in [1.807, 2.05) is 7.48 Å². The third-order valence-electron chi connectivity index (χ3n) is 11.4. The van der Waals surface area contributed by atoms with E-state index >= 15 is 0 Å². The number of rotatable bonds is 8. The molecule has 0 heterocycles. The summed E-state index contributed by atoms with van der Waals surface area (Å²) in [6, 6.07) is 64.5. The first-order valence-corrected chi connectivity index (χ1v) is 19.0. The van der Waals surface area contributed by atoms with Gasteiger partial charge in [-0.05, 0) is 119 Å². The Balaban J connectivity index is 1.19. The van der Waals surface area contributed by atoms with Crippen LogP contribution < -0.4 is 5.46 Å². The maximum Gasteiger partial charge on any atom is 0.330 e. The minimum atomic E-state index is -0.280. The molecule has 0 aliphatic carbocycles. The number of benzene rings is 9. The summed E-state index contributed by atoms with van der Waals surface area (Å²) in [5.41, 5.74) is 10.5. The van der Waals surface area contributed by atoms with Gasteiger partial charge in [-0.15, -0.1) is 0 Å². The van der Waals surface area contributed by atoms with Crippen LogP contribution in [-0.2, 0) is 4.65 Å².